The van der Waals surface area contributed by atoms with Gasteiger partial charge in [-0.2, -0.15) is 8.42 Å². The number of carbonyl (C=O) groups is 2. The van der Waals surface area contributed by atoms with Gasteiger partial charge in [0.15, 0.2) is 0 Å². The maximum Gasteiger partial charge on any atom is 0.305 e. The molecule has 15 nitrogen and oxygen atoms in total. The number of rotatable bonds is 13. The molecule has 0 aromatic rings. The Labute approximate surface area is 179 Å². The second kappa shape index (κ2) is 20.4. The summed E-state index contributed by atoms with van der Waals surface area (Å²) in [6, 6.07) is 0. The van der Waals surface area contributed by atoms with E-state index in [0.29, 0.717) is 13.0 Å². The quantitative estimate of drug-likeness (QED) is 0.0867. The molecule has 16 heteroatoms. The molecule has 0 rings (SSSR count). The van der Waals surface area contributed by atoms with Crippen LogP contribution in [-0.4, -0.2) is 124 Å². The molecule has 188 valence electrons. The Morgan fingerprint density at radius 1 is 0.871 bits per heavy atom. The number of esters is 1. The van der Waals surface area contributed by atoms with Crippen LogP contribution in [0.5, 0.6) is 0 Å². The Bertz CT molecular complexity index is 547. The van der Waals surface area contributed by atoms with Crippen molar-refractivity contribution < 1.29 is 63.0 Å². The average molecular weight is 483 g/mol. The minimum absolute atomic E-state index is 0.00226. The van der Waals surface area contributed by atoms with Gasteiger partial charge in [0.25, 0.3) is 10.1 Å². The van der Waals surface area contributed by atoms with E-state index in [0.717, 1.165) is 0 Å². The van der Waals surface area contributed by atoms with Crippen molar-refractivity contribution >= 4 is 22.1 Å². The average Bonchev–Trinajstić information content (AvgIpc) is 2.69. The van der Waals surface area contributed by atoms with Crippen molar-refractivity contribution in [3.05, 3.63) is 0 Å². The SMILES string of the molecule is NCCOC(=O)CCCC(=O)O.NCCS(=O)(=O)O.OC[C@@H](O)[C@@H](O)[C@H](O)[C@H](O)CO. The fourth-order valence-electron chi connectivity index (χ4n) is 1.45. The number of aliphatic carboxylic acids is 1. The molecule has 0 spiro atoms. The maximum atomic E-state index is 10.7. The molecular weight excluding hydrogens is 448 g/mol. The lowest BCUT2D eigenvalue weighted by atomic mass is 10.0. The smallest absolute Gasteiger partial charge is 0.305 e. The Balaban J connectivity index is -0.000000394. The molecule has 0 fully saturated rings. The molecule has 0 radical (unpaired) electrons. The number of ether oxygens (including phenoxy) is 1. The van der Waals surface area contributed by atoms with E-state index in [1.165, 1.54) is 0 Å². The van der Waals surface area contributed by atoms with Crippen molar-refractivity contribution in [3.63, 3.8) is 0 Å². The third-order valence-corrected chi connectivity index (χ3v) is 3.79. The molecule has 12 N–H and O–H groups in total. The number of aliphatic hydroxyl groups is 6. The molecule has 0 aromatic carbocycles. The van der Waals surface area contributed by atoms with Crippen molar-refractivity contribution in [2.75, 3.05) is 38.7 Å². The Morgan fingerprint density at radius 2 is 1.32 bits per heavy atom. The number of hydrogen-bond acceptors (Lipinski definition) is 13. The number of aliphatic hydroxyl groups excluding tert-OH is 6. The van der Waals surface area contributed by atoms with Crippen LogP contribution in [0.4, 0.5) is 0 Å². The molecule has 0 aliphatic rings. The van der Waals surface area contributed by atoms with Crippen LogP contribution in [-0.2, 0) is 24.4 Å². The van der Waals surface area contributed by atoms with Gasteiger partial charge in [-0.1, -0.05) is 0 Å². The summed E-state index contributed by atoms with van der Waals surface area (Å²) in [5.74, 6) is -1.64. The van der Waals surface area contributed by atoms with Crippen molar-refractivity contribution in [1.82, 2.24) is 0 Å². The Morgan fingerprint density at radius 3 is 1.58 bits per heavy atom. The summed E-state index contributed by atoms with van der Waals surface area (Å²) in [6.07, 6.45) is -5.93. The highest BCUT2D eigenvalue weighted by Crippen LogP contribution is 2.04. The first kappa shape index (κ1) is 34.2. The summed E-state index contributed by atoms with van der Waals surface area (Å²) in [5, 5.41) is 60.4. The van der Waals surface area contributed by atoms with Gasteiger partial charge in [-0.05, 0) is 6.42 Å². The zero-order chi connectivity index (χ0) is 25.0. The first-order valence-electron chi connectivity index (χ1n) is 8.93. The third kappa shape index (κ3) is 24.7. The number of carbonyl (C=O) groups excluding carboxylic acids is 1. The number of carboxylic acid groups (broad SMARTS) is 1. The molecule has 0 heterocycles. The van der Waals surface area contributed by atoms with E-state index < -0.39 is 53.7 Å². The van der Waals surface area contributed by atoms with Gasteiger partial charge in [0.2, 0.25) is 0 Å². The molecule has 0 saturated carbocycles. The third-order valence-electron chi connectivity index (χ3n) is 3.04. The summed E-state index contributed by atoms with van der Waals surface area (Å²) < 4.78 is 31.9. The normalized spacial score (nSPS) is 14.6. The monoisotopic (exact) mass is 482 g/mol. The molecule has 0 amide bonds. The summed E-state index contributed by atoms with van der Waals surface area (Å²) in [5.41, 5.74) is 9.86. The molecule has 0 bridgehead atoms. The van der Waals surface area contributed by atoms with E-state index in [4.69, 9.17) is 51.8 Å². The van der Waals surface area contributed by atoms with Gasteiger partial charge in [0, 0.05) is 25.9 Å². The largest absolute Gasteiger partial charge is 0.481 e. The first-order valence-corrected chi connectivity index (χ1v) is 10.5. The molecule has 4 atom stereocenters. The molecule has 0 aromatic heterocycles. The van der Waals surface area contributed by atoms with E-state index in [1.54, 1.807) is 0 Å². The van der Waals surface area contributed by atoms with Crippen LogP contribution in [0.25, 0.3) is 0 Å². The predicted molar refractivity (Wildman–Crippen MR) is 105 cm³/mol. The minimum Gasteiger partial charge on any atom is -0.481 e. The highest BCUT2D eigenvalue weighted by molar-refractivity contribution is 7.85. The minimum atomic E-state index is -3.80. The first-order chi connectivity index (χ1) is 14.3. The van der Waals surface area contributed by atoms with Gasteiger partial charge in [0.05, 0.1) is 19.0 Å². The van der Waals surface area contributed by atoms with Gasteiger partial charge < -0.3 is 51.9 Å². The number of hydrogen-bond donors (Lipinski definition) is 10. The van der Waals surface area contributed by atoms with Crippen LogP contribution in [0.15, 0.2) is 0 Å². The Kier molecular flexibility index (Phi) is 22.5. The lowest BCUT2D eigenvalue weighted by Crippen LogP contribution is -2.46. The molecular formula is C15H34N2O13S. The molecule has 0 saturated heterocycles. The highest BCUT2D eigenvalue weighted by atomic mass is 32.2. The Hall–Kier alpha value is -1.47. The summed E-state index contributed by atoms with van der Waals surface area (Å²) in [7, 11) is -3.80. The molecule has 0 unspecified atom stereocenters. The topological polar surface area (TPSA) is 291 Å². The van der Waals surface area contributed by atoms with E-state index in [2.05, 4.69) is 4.74 Å². The zero-order valence-corrected chi connectivity index (χ0v) is 17.7. The van der Waals surface area contributed by atoms with Gasteiger partial charge in [-0.15, -0.1) is 0 Å². The fourth-order valence-corrected chi connectivity index (χ4v) is 1.75. The number of nitrogens with two attached hydrogens (primary N) is 2. The second-order valence-electron chi connectivity index (χ2n) is 5.81. The van der Waals surface area contributed by atoms with Crippen LogP contribution in [0.3, 0.4) is 0 Å². The summed E-state index contributed by atoms with van der Waals surface area (Å²) >= 11 is 0. The molecule has 0 aliphatic carbocycles. The standard InChI is InChI=1S/C7H13NO4.C6H14O6.C2H7NO3S/c8-4-5-12-7(11)3-1-2-6(9)10;7-1-3(9)5(11)6(12)4(10)2-8;3-1-2-7(4,5)6/h1-5,8H2,(H,9,10);3-12H,1-2H2;1-3H2,(H,4,5,6)/t;3-,4-,5-,6-;/m.1./s1. The second-order valence-corrected chi connectivity index (χ2v) is 7.38. The predicted octanol–water partition coefficient (Wildman–Crippen LogP) is -5.01. The van der Waals surface area contributed by atoms with Gasteiger partial charge in [-0.25, -0.2) is 0 Å². The highest BCUT2D eigenvalue weighted by Gasteiger charge is 2.29. The van der Waals surface area contributed by atoms with E-state index in [-0.39, 0.29) is 37.7 Å². The van der Waals surface area contributed by atoms with Crippen LogP contribution in [0.2, 0.25) is 0 Å². The van der Waals surface area contributed by atoms with Gasteiger partial charge in [0.1, 0.15) is 31.0 Å². The summed E-state index contributed by atoms with van der Waals surface area (Å²) in [4.78, 5) is 20.7. The van der Waals surface area contributed by atoms with Crippen molar-refractivity contribution in [2.45, 2.75) is 43.7 Å². The molecule has 31 heavy (non-hydrogen) atoms. The lowest BCUT2D eigenvalue weighted by Gasteiger charge is -2.24. The lowest BCUT2D eigenvalue weighted by molar-refractivity contribution is -0.143. The summed E-state index contributed by atoms with van der Waals surface area (Å²) in [6.45, 7) is -0.984. The van der Waals surface area contributed by atoms with Crippen molar-refractivity contribution in [2.24, 2.45) is 11.5 Å². The van der Waals surface area contributed by atoms with Gasteiger partial charge >= 0.3 is 11.9 Å². The van der Waals surface area contributed by atoms with Crippen LogP contribution < -0.4 is 11.5 Å². The zero-order valence-electron chi connectivity index (χ0n) is 16.9. The molecule has 0 aliphatic heterocycles. The van der Waals surface area contributed by atoms with Gasteiger partial charge in [-0.3, -0.25) is 14.1 Å². The maximum absolute atomic E-state index is 10.7. The van der Waals surface area contributed by atoms with E-state index in [9.17, 15) is 18.0 Å². The van der Waals surface area contributed by atoms with E-state index >= 15 is 0 Å². The van der Waals surface area contributed by atoms with E-state index in [1.807, 2.05) is 0 Å². The van der Waals surface area contributed by atoms with Crippen LogP contribution in [0, 0.1) is 0 Å². The van der Waals surface area contributed by atoms with Crippen molar-refractivity contribution in [1.29, 1.82) is 0 Å². The fraction of sp³-hybridized carbons (Fsp3) is 0.867. The van der Waals surface area contributed by atoms with Crippen LogP contribution in [0.1, 0.15) is 19.3 Å². The number of carboxylic acids is 1. The van der Waals surface area contributed by atoms with Crippen molar-refractivity contribution in [3.8, 4) is 0 Å². The van der Waals surface area contributed by atoms with Crippen LogP contribution >= 0.6 is 0 Å².